The van der Waals surface area contributed by atoms with E-state index in [-0.39, 0.29) is 17.6 Å². The van der Waals surface area contributed by atoms with Crippen molar-refractivity contribution in [3.05, 3.63) is 106 Å². The third kappa shape index (κ3) is 2.47. The standard InChI is InChI=1S/C24H18O/c1-3-18(17-14-12-16(2)13-15-17)23-19-8-4-6-10-21(19)24(25)22-11-7-5-9-20(22)23/h1,4-15,18,23H,2H3/t18-/m1/s1. The van der Waals surface area contributed by atoms with Gasteiger partial charge in [-0.05, 0) is 23.6 Å². The molecule has 0 amide bonds. The number of hydrogen-bond acceptors (Lipinski definition) is 1. The van der Waals surface area contributed by atoms with Crippen molar-refractivity contribution in [2.45, 2.75) is 18.8 Å². The summed E-state index contributed by atoms with van der Waals surface area (Å²) >= 11 is 0. The fraction of sp³-hybridized carbons (Fsp3) is 0.125. The Morgan fingerprint density at radius 1 is 0.840 bits per heavy atom. The van der Waals surface area contributed by atoms with E-state index < -0.39 is 0 Å². The third-order valence-electron chi connectivity index (χ3n) is 5.03. The minimum Gasteiger partial charge on any atom is -0.289 e. The molecule has 1 aliphatic rings. The lowest BCUT2D eigenvalue weighted by atomic mass is 9.70. The van der Waals surface area contributed by atoms with Crippen molar-refractivity contribution in [1.29, 1.82) is 0 Å². The van der Waals surface area contributed by atoms with Crippen LogP contribution in [0.1, 0.15) is 50.0 Å². The topological polar surface area (TPSA) is 17.1 Å². The number of aryl methyl sites for hydroxylation is 1. The molecule has 1 aliphatic carbocycles. The van der Waals surface area contributed by atoms with E-state index >= 15 is 0 Å². The van der Waals surface area contributed by atoms with Gasteiger partial charge in [-0.1, -0.05) is 84.3 Å². The molecule has 0 fully saturated rings. The van der Waals surface area contributed by atoms with Crippen LogP contribution < -0.4 is 0 Å². The van der Waals surface area contributed by atoms with Crippen molar-refractivity contribution < 1.29 is 4.79 Å². The van der Waals surface area contributed by atoms with E-state index in [0.717, 1.165) is 27.8 Å². The zero-order valence-electron chi connectivity index (χ0n) is 14.1. The van der Waals surface area contributed by atoms with Crippen molar-refractivity contribution >= 4 is 5.78 Å². The number of benzene rings is 3. The molecule has 0 saturated heterocycles. The van der Waals surface area contributed by atoms with Crippen LogP contribution in [0.2, 0.25) is 0 Å². The summed E-state index contributed by atoms with van der Waals surface area (Å²) in [6.07, 6.45) is 5.99. The van der Waals surface area contributed by atoms with Crippen molar-refractivity contribution in [2.75, 3.05) is 0 Å². The van der Waals surface area contributed by atoms with E-state index in [9.17, 15) is 4.79 Å². The molecule has 0 aromatic heterocycles. The molecule has 1 heteroatoms. The Morgan fingerprint density at radius 2 is 1.36 bits per heavy atom. The first-order valence-electron chi connectivity index (χ1n) is 8.46. The molecule has 0 heterocycles. The lowest BCUT2D eigenvalue weighted by Gasteiger charge is -2.31. The van der Waals surface area contributed by atoms with Gasteiger partial charge < -0.3 is 0 Å². The highest BCUT2D eigenvalue weighted by molar-refractivity contribution is 6.12. The Kier molecular flexibility index (Phi) is 3.75. The van der Waals surface area contributed by atoms with Crippen molar-refractivity contribution in [2.24, 2.45) is 0 Å². The van der Waals surface area contributed by atoms with Gasteiger partial charge in [-0.3, -0.25) is 4.79 Å². The second kappa shape index (κ2) is 6.07. The van der Waals surface area contributed by atoms with E-state index in [2.05, 4.69) is 37.1 Å². The summed E-state index contributed by atoms with van der Waals surface area (Å²) < 4.78 is 0. The first kappa shape index (κ1) is 15.4. The summed E-state index contributed by atoms with van der Waals surface area (Å²) in [5, 5.41) is 0. The van der Waals surface area contributed by atoms with Gasteiger partial charge in [-0.25, -0.2) is 0 Å². The Morgan fingerprint density at radius 3 is 1.88 bits per heavy atom. The van der Waals surface area contributed by atoms with Gasteiger partial charge in [0.05, 0.1) is 5.92 Å². The molecule has 0 radical (unpaired) electrons. The van der Waals surface area contributed by atoms with Gasteiger partial charge in [0.2, 0.25) is 0 Å². The number of carbonyl (C=O) groups excluding carboxylic acids is 1. The van der Waals surface area contributed by atoms with Gasteiger partial charge in [0, 0.05) is 17.0 Å². The molecule has 0 aliphatic heterocycles. The number of hydrogen-bond donors (Lipinski definition) is 0. The van der Waals surface area contributed by atoms with Gasteiger partial charge in [0.1, 0.15) is 0 Å². The van der Waals surface area contributed by atoms with E-state index in [1.165, 1.54) is 5.56 Å². The fourth-order valence-corrected chi connectivity index (χ4v) is 3.78. The predicted octanol–water partition coefficient (Wildman–Crippen LogP) is 5.09. The summed E-state index contributed by atoms with van der Waals surface area (Å²) in [6, 6.07) is 24.0. The van der Waals surface area contributed by atoms with Gasteiger partial charge >= 0.3 is 0 Å². The molecule has 0 bridgehead atoms. The summed E-state index contributed by atoms with van der Waals surface area (Å²) in [6.45, 7) is 2.07. The molecule has 0 unspecified atom stereocenters. The van der Waals surface area contributed by atoms with Crippen LogP contribution >= 0.6 is 0 Å². The van der Waals surface area contributed by atoms with Crippen molar-refractivity contribution in [1.82, 2.24) is 0 Å². The Bertz CT molecular complexity index is 940. The molecule has 0 saturated carbocycles. The van der Waals surface area contributed by atoms with Gasteiger partial charge in [0.25, 0.3) is 0 Å². The van der Waals surface area contributed by atoms with E-state index in [1.807, 2.05) is 48.5 Å². The number of carbonyl (C=O) groups is 1. The molecule has 0 spiro atoms. The van der Waals surface area contributed by atoms with Crippen molar-refractivity contribution in [3.8, 4) is 12.3 Å². The molecular formula is C24H18O. The minimum atomic E-state index is -0.115. The zero-order chi connectivity index (χ0) is 17.4. The zero-order valence-corrected chi connectivity index (χ0v) is 14.1. The first-order chi connectivity index (χ1) is 12.2. The Labute approximate surface area is 148 Å². The number of fused-ring (bicyclic) bond motifs is 2. The maximum atomic E-state index is 12.9. The molecule has 0 N–H and O–H groups in total. The van der Waals surface area contributed by atoms with Crippen LogP contribution in [-0.2, 0) is 0 Å². The van der Waals surface area contributed by atoms with Crippen LogP contribution in [0.5, 0.6) is 0 Å². The average Bonchev–Trinajstić information content (AvgIpc) is 2.66. The molecule has 25 heavy (non-hydrogen) atoms. The summed E-state index contributed by atoms with van der Waals surface area (Å²) in [5.74, 6) is 2.95. The van der Waals surface area contributed by atoms with Crippen LogP contribution in [0.4, 0.5) is 0 Å². The molecule has 1 atom stereocenters. The molecule has 120 valence electrons. The maximum absolute atomic E-state index is 12.9. The highest BCUT2D eigenvalue weighted by atomic mass is 16.1. The van der Waals surface area contributed by atoms with Crippen LogP contribution in [0, 0.1) is 19.3 Å². The quantitative estimate of drug-likeness (QED) is 0.601. The monoisotopic (exact) mass is 322 g/mol. The number of terminal acetylenes is 1. The average molecular weight is 322 g/mol. The van der Waals surface area contributed by atoms with Crippen LogP contribution in [0.3, 0.4) is 0 Å². The van der Waals surface area contributed by atoms with E-state index in [1.54, 1.807) is 0 Å². The second-order valence-electron chi connectivity index (χ2n) is 6.54. The van der Waals surface area contributed by atoms with Gasteiger partial charge in [-0.15, -0.1) is 6.42 Å². The van der Waals surface area contributed by atoms with Gasteiger partial charge in [-0.2, -0.15) is 0 Å². The molecule has 4 rings (SSSR count). The van der Waals surface area contributed by atoms with E-state index in [0.29, 0.717) is 0 Å². The lowest BCUT2D eigenvalue weighted by Crippen LogP contribution is -2.23. The second-order valence-corrected chi connectivity index (χ2v) is 6.54. The van der Waals surface area contributed by atoms with Crippen LogP contribution in [0.15, 0.2) is 72.8 Å². The lowest BCUT2D eigenvalue weighted by molar-refractivity contribution is 0.103. The SMILES string of the molecule is C#C[C@H](c1ccc(C)cc1)C1c2ccccc2C(=O)c2ccccc21. The predicted molar refractivity (Wildman–Crippen MR) is 101 cm³/mol. The molecular weight excluding hydrogens is 304 g/mol. The smallest absolute Gasteiger partial charge is 0.193 e. The van der Waals surface area contributed by atoms with Crippen LogP contribution in [0.25, 0.3) is 0 Å². The Balaban J connectivity index is 1.95. The molecule has 3 aromatic rings. The number of rotatable bonds is 2. The van der Waals surface area contributed by atoms with Crippen molar-refractivity contribution in [3.63, 3.8) is 0 Å². The van der Waals surface area contributed by atoms with Gasteiger partial charge in [0.15, 0.2) is 5.78 Å². The largest absolute Gasteiger partial charge is 0.289 e. The van der Waals surface area contributed by atoms with Crippen LogP contribution in [-0.4, -0.2) is 5.78 Å². The normalized spacial score (nSPS) is 14.3. The number of ketones is 1. The maximum Gasteiger partial charge on any atom is 0.193 e. The minimum absolute atomic E-state index is 0.0159. The summed E-state index contributed by atoms with van der Waals surface area (Å²) in [7, 11) is 0. The molecule has 1 nitrogen and oxygen atoms in total. The highest BCUT2D eigenvalue weighted by Crippen LogP contribution is 2.44. The fourth-order valence-electron chi connectivity index (χ4n) is 3.78. The summed E-state index contributed by atoms with van der Waals surface area (Å²) in [4.78, 5) is 12.9. The van der Waals surface area contributed by atoms with E-state index in [4.69, 9.17) is 6.42 Å². The summed E-state index contributed by atoms with van der Waals surface area (Å²) in [5.41, 5.74) is 5.89. The Hall–Kier alpha value is -3.11. The third-order valence-corrected chi connectivity index (χ3v) is 5.03. The molecule has 3 aromatic carbocycles. The highest BCUT2D eigenvalue weighted by Gasteiger charge is 2.35. The first-order valence-corrected chi connectivity index (χ1v) is 8.46.